The summed E-state index contributed by atoms with van der Waals surface area (Å²) in [5.41, 5.74) is 3.41. The highest BCUT2D eigenvalue weighted by atomic mass is 19.4. The van der Waals surface area contributed by atoms with Gasteiger partial charge in [-0.15, -0.1) is 0 Å². The topological polar surface area (TPSA) is 66.5 Å². The number of rotatable bonds is 1. The van der Waals surface area contributed by atoms with Gasteiger partial charge in [-0.1, -0.05) is 12.8 Å². The average molecular weight is 261 g/mol. The van der Waals surface area contributed by atoms with Crippen LogP contribution in [0.2, 0.25) is 0 Å². The van der Waals surface area contributed by atoms with Gasteiger partial charge in [0.1, 0.15) is 0 Å². The molecule has 2 rings (SSSR count). The van der Waals surface area contributed by atoms with Gasteiger partial charge in [0.25, 0.3) is 0 Å². The van der Waals surface area contributed by atoms with Gasteiger partial charge in [0.2, 0.25) is 0 Å². The standard InChI is InChI=1S/C12H14F3NO2/c13-12(14,15)7-3-4-8(17)10(18)9(7)11(16)5-1-2-6-11/h3-4,17-18H,1-2,5-6,16H2. The van der Waals surface area contributed by atoms with Gasteiger partial charge in [0, 0.05) is 11.1 Å². The van der Waals surface area contributed by atoms with Crippen LogP contribution < -0.4 is 5.73 Å². The highest BCUT2D eigenvalue weighted by Crippen LogP contribution is 2.49. The first-order valence-electron chi connectivity index (χ1n) is 5.67. The van der Waals surface area contributed by atoms with E-state index < -0.39 is 28.8 Å². The lowest BCUT2D eigenvalue weighted by atomic mass is 9.84. The second kappa shape index (κ2) is 4.05. The lowest BCUT2D eigenvalue weighted by Gasteiger charge is -2.28. The molecule has 0 atom stereocenters. The normalized spacial score (nSPS) is 19.1. The second-order valence-corrected chi connectivity index (χ2v) is 4.72. The van der Waals surface area contributed by atoms with Gasteiger partial charge in [-0.2, -0.15) is 13.2 Å². The number of hydrogen-bond donors (Lipinski definition) is 3. The number of aromatic hydroxyl groups is 2. The maximum atomic E-state index is 12.9. The Balaban J connectivity index is 2.66. The summed E-state index contributed by atoms with van der Waals surface area (Å²) in [5, 5.41) is 19.1. The fourth-order valence-corrected chi connectivity index (χ4v) is 2.58. The number of nitrogens with two attached hydrogens (primary N) is 1. The lowest BCUT2D eigenvalue weighted by Crippen LogP contribution is -2.35. The zero-order chi connectivity index (χ0) is 13.6. The van der Waals surface area contributed by atoms with E-state index in [2.05, 4.69) is 0 Å². The average Bonchev–Trinajstić information content (AvgIpc) is 2.68. The molecule has 0 saturated heterocycles. The molecule has 4 N–H and O–H groups in total. The van der Waals surface area contributed by atoms with E-state index in [9.17, 15) is 23.4 Å². The minimum atomic E-state index is -4.60. The number of alkyl halides is 3. The predicted octanol–water partition coefficient (Wildman–Crippen LogP) is 2.84. The third-order valence-corrected chi connectivity index (χ3v) is 3.46. The third kappa shape index (κ3) is 2.01. The van der Waals surface area contributed by atoms with Crippen molar-refractivity contribution in [3.05, 3.63) is 23.3 Å². The molecule has 0 spiro atoms. The molecule has 1 aliphatic carbocycles. The van der Waals surface area contributed by atoms with Crippen LogP contribution in [-0.4, -0.2) is 10.2 Å². The van der Waals surface area contributed by atoms with Crippen molar-refractivity contribution in [1.29, 1.82) is 0 Å². The number of hydrogen-bond acceptors (Lipinski definition) is 3. The maximum absolute atomic E-state index is 12.9. The molecule has 0 unspecified atom stereocenters. The first-order chi connectivity index (χ1) is 8.26. The smallest absolute Gasteiger partial charge is 0.416 e. The predicted molar refractivity (Wildman–Crippen MR) is 59.1 cm³/mol. The van der Waals surface area contributed by atoms with Crippen LogP contribution in [-0.2, 0) is 11.7 Å². The van der Waals surface area contributed by atoms with Gasteiger partial charge >= 0.3 is 6.18 Å². The Kier molecular flexibility index (Phi) is 2.93. The molecule has 1 aromatic rings. The van der Waals surface area contributed by atoms with E-state index in [0.29, 0.717) is 25.7 Å². The Bertz CT molecular complexity index is 465. The molecule has 1 aliphatic rings. The van der Waals surface area contributed by atoms with E-state index in [1.165, 1.54) is 0 Å². The molecule has 1 fully saturated rings. The van der Waals surface area contributed by atoms with Crippen molar-refractivity contribution < 1.29 is 23.4 Å². The fourth-order valence-electron chi connectivity index (χ4n) is 2.58. The van der Waals surface area contributed by atoms with Crippen molar-refractivity contribution in [3.8, 4) is 11.5 Å². The zero-order valence-electron chi connectivity index (χ0n) is 9.59. The van der Waals surface area contributed by atoms with Crippen LogP contribution in [0.25, 0.3) is 0 Å². The van der Waals surface area contributed by atoms with Gasteiger partial charge in [0.15, 0.2) is 11.5 Å². The van der Waals surface area contributed by atoms with Gasteiger partial charge in [-0.3, -0.25) is 0 Å². The molecule has 6 heteroatoms. The number of phenolic OH excluding ortho intramolecular Hbond substituents is 2. The molecule has 0 bridgehead atoms. The molecule has 0 amide bonds. The van der Waals surface area contributed by atoms with Gasteiger partial charge < -0.3 is 15.9 Å². The number of phenols is 2. The van der Waals surface area contributed by atoms with Crippen LogP contribution in [0, 0.1) is 0 Å². The monoisotopic (exact) mass is 261 g/mol. The van der Waals surface area contributed by atoms with Crippen molar-refractivity contribution in [2.75, 3.05) is 0 Å². The van der Waals surface area contributed by atoms with E-state index >= 15 is 0 Å². The number of halogens is 3. The largest absolute Gasteiger partial charge is 0.504 e. The molecule has 1 saturated carbocycles. The summed E-state index contributed by atoms with van der Waals surface area (Å²) in [6, 6.07) is 1.59. The van der Waals surface area contributed by atoms with Crippen LogP contribution >= 0.6 is 0 Å². The summed E-state index contributed by atoms with van der Waals surface area (Å²) in [6.45, 7) is 0. The van der Waals surface area contributed by atoms with Crippen LogP contribution in [0.1, 0.15) is 36.8 Å². The Morgan fingerprint density at radius 2 is 1.67 bits per heavy atom. The van der Waals surface area contributed by atoms with Crippen LogP contribution in [0.3, 0.4) is 0 Å². The quantitative estimate of drug-likeness (QED) is 0.681. The molecular weight excluding hydrogens is 247 g/mol. The first kappa shape index (κ1) is 13.0. The van der Waals surface area contributed by atoms with Crippen molar-refractivity contribution in [2.45, 2.75) is 37.4 Å². The second-order valence-electron chi connectivity index (χ2n) is 4.72. The van der Waals surface area contributed by atoms with Crippen molar-refractivity contribution in [3.63, 3.8) is 0 Å². The van der Waals surface area contributed by atoms with Crippen molar-refractivity contribution >= 4 is 0 Å². The molecular formula is C12H14F3NO2. The van der Waals surface area contributed by atoms with Gasteiger partial charge in [-0.05, 0) is 25.0 Å². The summed E-state index contributed by atoms with van der Waals surface area (Å²) < 4.78 is 38.8. The SMILES string of the molecule is NC1(c2c(C(F)(F)F)ccc(O)c2O)CCCC1. The minimum absolute atomic E-state index is 0.368. The summed E-state index contributed by atoms with van der Waals surface area (Å²) in [7, 11) is 0. The minimum Gasteiger partial charge on any atom is -0.504 e. The Hall–Kier alpha value is -1.43. The summed E-state index contributed by atoms with van der Waals surface area (Å²) >= 11 is 0. The molecule has 0 heterocycles. The van der Waals surface area contributed by atoms with Gasteiger partial charge in [0.05, 0.1) is 5.56 Å². The molecule has 18 heavy (non-hydrogen) atoms. The van der Waals surface area contributed by atoms with E-state index in [-0.39, 0.29) is 5.56 Å². The molecule has 1 aromatic carbocycles. The molecule has 0 radical (unpaired) electrons. The third-order valence-electron chi connectivity index (χ3n) is 3.46. The fraction of sp³-hybridized carbons (Fsp3) is 0.500. The van der Waals surface area contributed by atoms with Gasteiger partial charge in [-0.25, -0.2) is 0 Å². The molecule has 100 valence electrons. The Morgan fingerprint density at radius 1 is 1.11 bits per heavy atom. The number of benzene rings is 1. The molecule has 3 nitrogen and oxygen atoms in total. The molecule has 0 aromatic heterocycles. The maximum Gasteiger partial charge on any atom is 0.416 e. The van der Waals surface area contributed by atoms with E-state index in [4.69, 9.17) is 5.73 Å². The lowest BCUT2D eigenvalue weighted by molar-refractivity contribution is -0.139. The highest BCUT2D eigenvalue weighted by Gasteiger charge is 2.43. The summed E-state index contributed by atoms with van der Waals surface area (Å²) in [5.74, 6) is -1.33. The Labute approximate surface area is 102 Å². The van der Waals surface area contributed by atoms with E-state index in [1.54, 1.807) is 0 Å². The van der Waals surface area contributed by atoms with E-state index in [0.717, 1.165) is 12.1 Å². The summed E-state index contributed by atoms with van der Waals surface area (Å²) in [4.78, 5) is 0. The van der Waals surface area contributed by atoms with Crippen LogP contribution in [0.5, 0.6) is 11.5 Å². The van der Waals surface area contributed by atoms with E-state index in [1.807, 2.05) is 0 Å². The summed E-state index contributed by atoms with van der Waals surface area (Å²) in [6.07, 6.45) is -2.44. The van der Waals surface area contributed by atoms with Crippen LogP contribution in [0.15, 0.2) is 12.1 Å². The highest BCUT2D eigenvalue weighted by molar-refractivity contribution is 5.53. The first-order valence-corrected chi connectivity index (χ1v) is 5.67. The van der Waals surface area contributed by atoms with Crippen LogP contribution in [0.4, 0.5) is 13.2 Å². The zero-order valence-corrected chi connectivity index (χ0v) is 9.59. The van der Waals surface area contributed by atoms with Crippen molar-refractivity contribution in [1.82, 2.24) is 0 Å². The molecule has 0 aliphatic heterocycles. The van der Waals surface area contributed by atoms with Crippen molar-refractivity contribution in [2.24, 2.45) is 5.73 Å². The Morgan fingerprint density at radius 3 is 2.17 bits per heavy atom.